The first-order valence-corrected chi connectivity index (χ1v) is 8.32. The zero-order valence-corrected chi connectivity index (χ0v) is 14.7. The fourth-order valence-corrected chi connectivity index (χ4v) is 3.45. The molecule has 1 amide bonds. The van der Waals surface area contributed by atoms with E-state index in [2.05, 4.69) is 21.2 Å². The van der Waals surface area contributed by atoms with Gasteiger partial charge in [-0.15, -0.1) is 0 Å². The van der Waals surface area contributed by atoms with Crippen LogP contribution >= 0.6 is 15.9 Å². The minimum Gasteiger partial charge on any atom is -0.465 e. The SMILES string of the molecule is Cc1oc(C)c(C(=O)Nc2ccc3c(c2)oc2ccccc23)c1Br. The van der Waals surface area contributed by atoms with Gasteiger partial charge in [-0.25, -0.2) is 0 Å². The van der Waals surface area contributed by atoms with Crippen molar-refractivity contribution in [1.29, 1.82) is 0 Å². The van der Waals surface area contributed by atoms with Crippen LogP contribution in [0.3, 0.4) is 0 Å². The minimum atomic E-state index is -0.216. The summed E-state index contributed by atoms with van der Waals surface area (Å²) in [5, 5.41) is 4.99. The van der Waals surface area contributed by atoms with Crippen LogP contribution < -0.4 is 5.32 Å². The highest BCUT2D eigenvalue weighted by atomic mass is 79.9. The number of hydrogen-bond acceptors (Lipinski definition) is 3. The van der Waals surface area contributed by atoms with Crippen LogP contribution in [0.1, 0.15) is 21.9 Å². The molecule has 0 radical (unpaired) electrons. The third-order valence-corrected chi connectivity index (χ3v) is 5.01. The number of aryl methyl sites for hydroxylation is 2. The fraction of sp³-hybridized carbons (Fsp3) is 0.105. The molecule has 24 heavy (non-hydrogen) atoms. The van der Waals surface area contributed by atoms with Crippen molar-refractivity contribution in [2.75, 3.05) is 5.32 Å². The third-order valence-electron chi connectivity index (χ3n) is 4.05. The topological polar surface area (TPSA) is 55.4 Å². The van der Waals surface area contributed by atoms with Crippen molar-refractivity contribution in [2.45, 2.75) is 13.8 Å². The van der Waals surface area contributed by atoms with Gasteiger partial charge < -0.3 is 14.2 Å². The number of rotatable bonds is 2. The summed E-state index contributed by atoms with van der Waals surface area (Å²) in [5.41, 5.74) is 2.77. The van der Waals surface area contributed by atoms with Crippen LogP contribution in [0.25, 0.3) is 21.9 Å². The van der Waals surface area contributed by atoms with Gasteiger partial charge in [0.2, 0.25) is 0 Å². The van der Waals surface area contributed by atoms with E-state index >= 15 is 0 Å². The molecule has 4 rings (SSSR count). The Morgan fingerprint density at radius 1 is 0.958 bits per heavy atom. The van der Waals surface area contributed by atoms with Crippen molar-refractivity contribution >= 4 is 49.5 Å². The van der Waals surface area contributed by atoms with Crippen LogP contribution in [-0.2, 0) is 0 Å². The van der Waals surface area contributed by atoms with Crippen molar-refractivity contribution in [3.05, 3.63) is 64.0 Å². The summed E-state index contributed by atoms with van der Waals surface area (Å²) in [6, 6.07) is 13.5. The molecule has 2 heterocycles. The first-order valence-electron chi connectivity index (χ1n) is 7.52. The zero-order chi connectivity index (χ0) is 16.8. The van der Waals surface area contributed by atoms with Crippen molar-refractivity contribution < 1.29 is 13.6 Å². The summed E-state index contributed by atoms with van der Waals surface area (Å²) < 4.78 is 12.0. The van der Waals surface area contributed by atoms with Gasteiger partial charge in [0.1, 0.15) is 22.7 Å². The average Bonchev–Trinajstić information content (AvgIpc) is 3.04. The molecule has 0 bridgehead atoms. The van der Waals surface area contributed by atoms with Gasteiger partial charge in [-0.2, -0.15) is 0 Å². The number of carbonyl (C=O) groups is 1. The lowest BCUT2D eigenvalue weighted by molar-refractivity contribution is 0.102. The molecule has 2 aromatic heterocycles. The minimum absolute atomic E-state index is 0.216. The molecule has 0 fully saturated rings. The Hall–Kier alpha value is -2.53. The lowest BCUT2D eigenvalue weighted by atomic mass is 10.1. The molecule has 5 heteroatoms. The molecule has 2 aromatic carbocycles. The van der Waals surface area contributed by atoms with Gasteiger partial charge in [0.15, 0.2) is 0 Å². The molecule has 120 valence electrons. The molecule has 0 aliphatic carbocycles. The Kier molecular flexibility index (Phi) is 3.46. The van der Waals surface area contributed by atoms with Gasteiger partial charge in [0.25, 0.3) is 5.91 Å². The average molecular weight is 384 g/mol. The number of halogens is 1. The summed E-state index contributed by atoms with van der Waals surface area (Å²) in [6.45, 7) is 3.59. The molecule has 0 atom stereocenters. The fourth-order valence-electron chi connectivity index (χ4n) is 2.91. The molecule has 0 spiro atoms. The van der Waals surface area contributed by atoms with E-state index in [4.69, 9.17) is 8.83 Å². The van der Waals surface area contributed by atoms with Gasteiger partial charge in [-0.3, -0.25) is 4.79 Å². The van der Waals surface area contributed by atoms with E-state index in [1.807, 2.05) is 49.4 Å². The Labute approximate surface area is 146 Å². The second kappa shape index (κ2) is 5.53. The molecule has 4 nitrogen and oxygen atoms in total. The highest BCUT2D eigenvalue weighted by Crippen LogP contribution is 2.31. The highest BCUT2D eigenvalue weighted by Gasteiger charge is 2.20. The van der Waals surface area contributed by atoms with E-state index in [-0.39, 0.29) is 5.91 Å². The van der Waals surface area contributed by atoms with Crippen molar-refractivity contribution in [3.8, 4) is 0 Å². The standard InChI is InChI=1S/C19H14BrNO3/c1-10-17(18(20)11(2)23-10)19(22)21-12-7-8-14-13-5-3-4-6-15(13)24-16(14)9-12/h3-9H,1-2H3,(H,21,22). The predicted molar refractivity (Wildman–Crippen MR) is 97.6 cm³/mol. The number of nitrogens with one attached hydrogen (secondary N) is 1. The van der Waals surface area contributed by atoms with E-state index in [0.29, 0.717) is 27.2 Å². The quantitative estimate of drug-likeness (QED) is 0.475. The lowest BCUT2D eigenvalue weighted by Gasteiger charge is -2.05. The van der Waals surface area contributed by atoms with Gasteiger partial charge >= 0.3 is 0 Å². The highest BCUT2D eigenvalue weighted by molar-refractivity contribution is 9.10. The van der Waals surface area contributed by atoms with Gasteiger partial charge in [-0.1, -0.05) is 18.2 Å². The zero-order valence-electron chi connectivity index (χ0n) is 13.1. The molecular formula is C19H14BrNO3. The van der Waals surface area contributed by atoms with E-state index in [1.165, 1.54) is 0 Å². The number of benzene rings is 2. The second-order valence-electron chi connectivity index (χ2n) is 5.67. The monoisotopic (exact) mass is 383 g/mol. The third kappa shape index (κ3) is 2.32. The molecule has 0 aliphatic rings. The van der Waals surface area contributed by atoms with Crippen LogP contribution in [0, 0.1) is 13.8 Å². The number of furan rings is 2. The molecular weight excluding hydrogens is 370 g/mol. The Morgan fingerprint density at radius 3 is 2.46 bits per heavy atom. The largest absolute Gasteiger partial charge is 0.465 e. The number of fused-ring (bicyclic) bond motifs is 3. The first kappa shape index (κ1) is 15.0. The Morgan fingerprint density at radius 2 is 1.71 bits per heavy atom. The molecule has 0 saturated carbocycles. The molecule has 1 N–H and O–H groups in total. The number of carbonyl (C=O) groups excluding carboxylic acids is 1. The Bertz CT molecular complexity index is 1090. The van der Waals surface area contributed by atoms with Gasteiger partial charge in [0, 0.05) is 22.5 Å². The normalized spacial score (nSPS) is 11.3. The maximum absolute atomic E-state index is 12.5. The summed E-state index contributed by atoms with van der Waals surface area (Å²) in [6.07, 6.45) is 0. The molecule has 0 saturated heterocycles. The number of para-hydroxylation sites is 1. The summed E-state index contributed by atoms with van der Waals surface area (Å²) in [5.74, 6) is 1.05. The second-order valence-corrected chi connectivity index (χ2v) is 6.46. The lowest BCUT2D eigenvalue weighted by Crippen LogP contribution is -2.12. The summed E-state index contributed by atoms with van der Waals surface area (Å²) in [7, 11) is 0. The number of anilines is 1. The van der Waals surface area contributed by atoms with E-state index in [0.717, 1.165) is 21.9 Å². The van der Waals surface area contributed by atoms with E-state index < -0.39 is 0 Å². The number of hydrogen-bond donors (Lipinski definition) is 1. The van der Waals surface area contributed by atoms with E-state index in [9.17, 15) is 4.79 Å². The smallest absolute Gasteiger partial charge is 0.260 e. The molecule has 0 aliphatic heterocycles. The van der Waals surface area contributed by atoms with Crippen LogP contribution in [0.2, 0.25) is 0 Å². The summed E-state index contributed by atoms with van der Waals surface area (Å²) in [4.78, 5) is 12.5. The maximum Gasteiger partial charge on any atom is 0.260 e. The maximum atomic E-state index is 12.5. The van der Waals surface area contributed by atoms with Crippen LogP contribution in [-0.4, -0.2) is 5.91 Å². The van der Waals surface area contributed by atoms with Crippen LogP contribution in [0.5, 0.6) is 0 Å². The van der Waals surface area contributed by atoms with Gasteiger partial charge in [0.05, 0.1) is 10.0 Å². The van der Waals surface area contributed by atoms with Crippen molar-refractivity contribution in [2.24, 2.45) is 0 Å². The summed E-state index contributed by atoms with van der Waals surface area (Å²) >= 11 is 3.40. The predicted octanol–water partition coefficient (Wildman–Crippen LogP) is 5.81. The van der Waals surface area contributed by atoms with E-state index in [1.54, 1.807) is 6.92 Å². The number of amides is 1. The van der Waals surface area contributed by atoms with Crippen LogP contribution in [0.15, 0.2) is 55.8 Å². The van der Waals surface area contributed by atoms with Gasteiger partial charge in [-0.05, 0) is 48.0 Å². The molecule has 0 unspecified atom stereocenters. The van der Waals surface area contributed by atoms with Crippen molar-refractivity contribution in [3.63, 3.8) is 0 Å². The van der Waals surface area contributed by atoms with Crippen LogP contribution in [0.4, 0.5) is 5.69 Å². The first-order chi connectivity index (χ1) is 11.5. The molecule has 4 aromatic rings. The Balaban J connectivity index is 1.72. The van der Waals surface area contributed by atoms with Crippen molar-refractivity contribution in [1.82, 2.24) is 0 Å².